The van der Waals surface area contributed by atoms with Crippen LogP contribution in [0, 0.1) is 5.92 Å². The number of sulfonamides is 1. The van der Waals surface area contributed by atoms with Gasteiger partial charge in [0, 0.05) is 19.1 Å². The quantitative estimate of drug-likeness (QED) is 0.812. The summed E-state index contributed by atoms with van der Waals surface area (Å²) in [4.78, 5) is 12.4. The summed E-state index contributed by atoms with van der Waals surface area (Å²) in [5, 5.41) is 3.14. The zero-order valence-corrected chi connectivity index (χ0v) is 14.5. The van der Waals surface area contributed by atoms with Gasteiger partial charge in [0.05, 0.1) is 11.7 Å². The normalized spacial score (nSPS) is 25.0. The van der Waals surface area contributed by atoms with E-state index in [4.69, 9.17) is 0 Å². The van der Waals surface area contributed by atoms with E-state index in [0.717, 1.165) is 32.1 Å². The topological polar surface area (TPSA) is 66.5 Å². The molecular weight excluding hydrogens is 300 g/mol. The Hall–Kier alpha value is -0.620. The van der Waals surface area contributed by atoms with Crippen LogP contribution in [0.25, 0.3) is 0 Å². The maximum absolute atomic E-state index is 12.4. The highest BCUT2D eigenvalue weighted by atomic mass is 32.2. The van der Waals surface area contributed by atoms with Crippen molar-refractivity contribution in [3.05, 3.63) is 0 Å². The Bertz CT molecular complexity index is 458. The van der Waals surface area contributed by atoms with Crippen LogP contribution in [0.1, 0.15) is 64.7 Å². The molecule has 6 heteroatoms. The fourth-order valence-electron chi connectivity index (χ4n) is 3.43. The highest BCUT2D eigenvalue weighted by Crippen LogP contribution is 2.22. The molecule has 5 nitrogen and oxygen atoms in total. The molecule has 0 spiro atoms. The number of amides is 1. The van der Waals surface area contributed by atoms with Crippen LogP contribution in [0.5, 0.6) is 0 Å². The highest BCUT2D eigenvalue weighted by molar-refractivity contribution is 7.89. The second-order valence-corrected chi connectivity index (χ2v) is 8.80. The molecule has 1 aliphatic carbocycles. The fourth-order valence-corrected chi connectivity index (χ4v) is 5.16. The van der Waals surface area contributed by atoms with E-state index >= 15 is 0 Å². The molecule has 1 unspecified atom stereocenters. The molecule has 1 saturated heterocycles. The average Bonchev–Trinajstić information content (AvgIpc) is 2.54. The van der Waals surface area contributed by atoms with Crippen LogP contribution < -0.4 is 5.32 Å². The maximum Gasteiger partial charge on any atom is 0.224 e. The molecule has 1 N–H and O–H groups in total. The van der Waals surface area contributed by atoms with Gasteiger partial charge in [-0.3, -0.25) is 4.79 Å². The van der Waals surface area contributed by atoms with Crippen molar-refractivity contribution in [1.29, 1.82) is 0 Å². The molecule has 1 aliphatic heterocycles. The molecule has 2 fully saturated rings. The van der Waals surface area contributed by atoms with Gasteiger partial charge in [-0.25, -0.2) is 12.7 Å². The van der Waals surface area contributed by atoms with Crippen LogP contribution in [-0.2, 0) is 14.8 Å². The van der Waals surface area contributed by atoms with Crippen molar-refractivity contribution < 1.29 is 13.2 Å². The van der Waals surface area contributed by atoms with E-state index in [1.165, 1.54) is 23.6 Å². The van der Waals surface area contributed by atoms with E-state index in [0.29, 0.717) is 25.6 Å². The number of carbonyl (C=O) groups excluding carboxylic acids is 1. The van der Waals surface area contributed by atoms with Crippen molar-refractivity contribution in [3.63, 3.8) is 0 Å². The third kappa shape index (κ3) is 4.95. The van der Waals surface area contributed by atoms with Crippen LogP contribution in [0.4, 0.5) is 0 Å². The van der Waals surface area contributed by atoms with Crippen molar-refractivity contribution in [1.82, 2.24) is 9.62 Å². The zero-order valence-electron chi connectivity index (χ0n) is 13.7. The lowest BCUT2D eigenvalue weighted by molar-refractivity contribution is -0.127. The van der Waals surface area contributed by atoms with Gasteiger partial charge in [0.1, 0.15) is 0 Å². The molecular formula is C16H30N2O3S. The maximum atomic E-state index is 12.4. The van der Waals surface area contributed by atoms with Gasteiger partial charge in [-0.2, -0.15) is 0 Å². The number of rotatable bonds is 6. The van der Waals surface area contributed by atoms with Crippen LogP contribution in [0.15, 0.2) is 0 Å². The van der Waals surface area contributed by atoms with Gasteiger partial charge in [0.15, 0.2) is 0 Å². The summed E-state index contributed by atoms with van der Waals surface area (Å²) >= 11 is 0. The molecule has 1 heterocycles. The first-order valence-corrected chi connectivity index (χ1v) is 10.4. The minimum Gasteiger partial charge on any atom is -0.353 e. The van der Waals surface area contributed by atoms with E-state index in [9.17, 15) is 13.2 Å². The molecule has 0 aromatic heterocycles. The summed E-state index contributed by atoms with van der Waals surface area (Å²) in [6.45, 7) is 2.93. The lowest BCUT2D eigenvalue weighted by Crippen LogP contribution is -2.48. The summed E-state index contributed by atoms with van der Waals surface area (Å²) in [7, 11) is -3.19. The first-order chi connectivity index (χ1) is 10.5. The van der Waals surface area contributed by atoms with Crippen molar-refractivity contribution in [3.8, 4) is 0 Å². The number of carbonyl (C=O) groups is 1. The lowest BCUT2D eigenvalue weighted by atomic mass is 9.93. The second kappa shape index (κ2) is 8.29. The average molecular weight is 330 g/mol. The van der Waals surface area contributed by atoms with Crippen LogP contribution >= 0.6 is 0 Å². The van der Waals surface area contributed by atoms with Gasteiger partial charge in [-0.15, -0.1) is 0 Å². The molecule has 0 bridgehead atoms. The summed E-state index contributed by atoms with van der Waals surface area (Å²) < 4.78 is 26.1. The van der Waals surface area contributed by atoms with Crippen LogP contribution in [-0.4, -0.2) is 43.5 Å². The number of nitrogens with one attached hydrogen (secondary N) is 1. The van der Waals surface area contributed by atoms with Gasteiger partial charge < -0.3 is 5.32 Å². The summed E-state index contributed by atoms with van der Waals surface area (Å²) in [6.07, 6.45) is 8.93. The molecule has 0 radical (unpaired) electrons. The SMILES string of the molecule is CCCCS(=O)(=O)N1CCCC(C(=O)NC2CCCCC2)C1. The summed E-state index contributed by atoms with van der Waals surface area (Å²) in [5.74, 6) is 0.0925. The third-order valence-electron chi connectivity index (χ3n) is 4.86. The minimum absolute atomic E-state index is 0.0577. The predicted molar refractivity (Wildman–Crippen MR) is 88.0 cm³/mol. The predicted octanol–water partition coefficient (Wildman–Crippen LogP) is 2.28. The Kier molecular flexibility index (Phi) is 6.68. The van der Waals surface area contributed by atoms with E-state index in [-0.39, 0.29) is 17.6 Å². The fraction of sp³-hybridized carbons (Fsp3) is 0.938. The number of hydrogen-bond acceptors (Lipinski definition) is 3. The lowest BCUT2D eigenvalue weighted by Gasteiger charge is -2.32. The Balaban J connectivity index is 1.87. The number of nitrogens with zero attached hydrogens (tertiary/aromatic N) is 1. The van der Waals surface area contributed by atoms with Gasteiger partial charge in [0.25, 0.3) is 0 Å². The van der Waals surface area contributed by atoms with Gasteiger partial charge in [-0.05, 0) is 32.1 Å². The van der Waals surface area contributed by atoms with E-state index in [2.05, 4.69) is 5.32 Å². The Labute approximate surface area is 134 Å². The second-order valence-electron chi connectivity index (χ2n) is 6.71. The number of unbranched alkanes of at least 4 members (excludes halogenated alkanes) is 1. The molecule has 1 saturated carbocycles. The molecule has 2 aliphatic rings. The van der Waals surface area contributed by atoms with Crippen molar-refractivity contribution in [2.75, 3.05) is 18.8 Å². The molecule has 2 rings (SSSR count). The molecule has 128 valence electrons. The highest BCUT2D eigenvalue weighted by Gasteiger charge is 2.32. The van der Waals surface area contributed by atoms with E-state index in [1.807, 2.05) is 6.92 Å². The monoisotopic (exact) mass is 330 g/mol. The van der Waals surface area contributed by atoms with Crippen molar-refractivity contribution in [2.24, 2.45) is 5.92 Å². The van der Waals surface area contributed by atoms with E-state index in [1.54, 1.807) is 0 Å². The van der Waals surface area contributed by atoms with Gasteiger partial charge >= 0.3 is 0 Å². The van der Waals surface area contributed by atoms with Gasteiger partial charge in [-0.1, -0.05) is 32.6 Å². The smallest absolute Gasteiger partial charge is 0.224 e. The Morgan fingerprint density at radius 2 is 1.86 bits per heavy atom. The van der Waals surface area contributed by atoms with Crippen molar-refractivity contribution >= 4 is 15.9 Å². The minimum atomic E-state index is -3.19. The number of hydrogen-bond donors (Lipinski definition) is 1. The summed E-state index contributed by atoms with van der Waals surface area (Å²) in [5.41, 5.74) is 0. The standard InChI is InChI=1S/C16H30N2O3S/c1-2-3-12-22(20,21)18-11-7-8-14(13-18)16(19)17-15-9-5-4-6-10-15/h14-15H,2-13H2,1H3,(H,17,19). The molecule has 0 aromatic carbocycles. The number of piperidine rings is 1. The van der Waals surface area contributed by atoms with Gasteiger partial charge in [0.2, 0.25) is 15.9 Å². The first-order valence-electron chi connectivity index (χ1n) is 8.81. The van der Waals surface area contributed by atoms with Crippen LogP contribution in [0.3, 0.4) is 0 Å². The third-order valence-corrected chi connectivity index (χ3v) is 6.78. The summed E-state index contributed by atoms with van der Waals surface area (Å²) in [6, 6.07) is 0.299. The largest absolute Gasteiger partial charge is 0.353 e. The zero-order chi connectivity index (χ0) is 16.0. The van der Waals surface area contributed by atoms with E-state index < -0.39 is 10.0 Å². The molecule has 1 amide bonds. The molecule has 0 aromatic rings. The Morgan fingerprint density at radius 1 is 1.14 bits per heavy atom. The first kappa shape index (κ1) is 17.7. The molecule has 1 atom stereocenters. The molecule has 22 heavy (non-hydrogen) atoms. The Morgan fingerprint density at radius 3 is 2.55 bits per heavy atom. The van der Waals surface area contributed by atoms with Crippen molar-refractivity contribution in [2.45, 2.75) is 70.8 Å². The van der Waals surface area contributed by atoms with Crippen LogP contribution in [0.2, 0.25) is 0 Å².